The molecule has 4 rings (SSSR count). The highest BCUT2D eigenvalue weighted by atomic mass is 32.1. The van der Waals surface area contributed by atoms with Gasteiger partial charge in [0.25, 0.3) is 0 Å². The second-order valence-corrected chi connectivity index (χ2v) is 8.32. The van der Waals surface area contributed by atoms with E-state index in [0.717, 1.165) is 19.3 Å². The molecule has 150 valence electrons. The second kappa shape index (κ2) is 7.66. The number of nitrogens with zero attached hydrogens (tertiary/aromatic N) is 2. The molecule has 2 aliphatic rings. The van der Waals surface area contributed by atoms with Crippen LogP contribution in [0.25, 0.3) is 11.1 Å². The highest BCUT2D eigenvalue weighted by Crippen LogP contribution is 2.41. The van der Waals surface area contributed by atoms with Crippen molar-refractivity contribution in [1.29, 1.82) is 0 Å². The molecule has 1 saturated carbocycles. The van der Waals surface area contributed by atoms with E-state index in [9.17, 15) is 13.6 Å². The van der Waals surface area contributed by atoms with Gasteiger partial charge in [0.05, 0.1) is 17.4 Å². The third kappa shape index (κ3) is 3.70. The van der Waals surface area contributed by atoms with E-state index in [2.05, 4.69) is 4.37 Å². The highest BCUT2D eigenvalue weighted by Gasteiger charge is 2.30. The molecule has 0 spiro atoms. The summed E-state index contributed by atoms with van der Waals surface area (Å²) in [5.41, 5.74) is 1.67. The van der Waals surface area contributed by atoms with E-state index in [1.165, 1.54) is 23.7 Å². The predicted molar refractivity (Wildman–Crippen MR) is 103 cm³/mol. The number of carbonyl (C=O) groups is 1. The zero-order chi connectivity index (χ0) is 19.8. The Hall–Kier alpha value is -2.22. The Bertz CT molecular complexity index is 875. The Kier molecular flexibility index (Phi) is 5.23. The molecule has 1 aromatic heterocycles. The van der Waals surface area contributed by atoms with Gasteiger partial charge in [-0.3, -0.25) is 4.79 Å². The largest absolute Gasteiger partial charge is 0.481 e. The summed E-state index contributed by atoms with van der Waals surface area (Å²) in [6.45, 7) is 2.59. The number of aliphatic carboxylic acids is 1. The van der Waals surface area contributed by atoms with Crippen LogP contribution in [0.1, 0.15) is 37.8 Å². The first-order chi connectivity index (χ1) is 13.4. The normalized spacial score (nSPS) is 19.7. The SMILES string of the molecule is Cc1nsc(OC2CCC2)c1-c1cc(F)c(N2CCC(CC(=O)O)C2)c(F)c1. The summed E-state index contributed by atoms with van der Waals surface area (Å²) in [5, 5.41) is 9.54. The van der Waals surface area contributed by atoms with Crippen molar-refractivity contribution in [2.24, 2.45) is 5.92 Å². The molecule has 1 aliphatic heterocycles. The predicted octanol–water partition coefficient (Wildman–Crippen LogP) is 4.63. The number of carboxylic acid groups (broad SMARTS) is 1. The summed E-state index contributed by atoms with van der Waals surface area (Å²) in [4.78, 5) is 12.5. The molecule has 2 heterocycles. The van der Waals surface area contributed by atoms with Gasteiger partial charge >= 0.3 is 5.97 Å². The summed E-state index contributed by atoms with van der Waals surface area (Å²) < 4.78 is 40.1. The average Bonchev–Trinajstić information content (AvgIpc) is 3.16. The molecule has 2 aromatic rings. The van der Waals surface area contributed by atoms with Crippen LogP contribution in [0.5, 0.6) is 5.06 Å². The fraction of sp³-hybridized carbons (Fsp3) is 0.500. The fourth-order valence-electron chi connectivity index (χ4n) is 3.86. The Morgan fingerprint density at radius 1 is 1.32 bits per heavy atom. The molecule has 8 heteroatoms. The zero-order valence-corrected chi connectivity index (χ0v) is 16.4. The lowest BCUT2D eigenvalue weighted by atomic mass is 9.96. The van der Waals surface area contributed by atoms with E-state index < -0.39 is 17.6 Å². The number of hydrogen-bond acceptors (Lipinski definition) is 5. The smallest absolute Gasteiger partial charge is 0.303 e. The van der Waals surface area contributed by atoms with Crippen molar-refractivity contribution in [2.45, 2.75) is 45.1 Å². The van der Waals surface area contributed by atoms with Gasteiger partial charge in [-0.2, -0.15) is 4.37 Å². The fourth-order valence-corrected chi connectivity index (χ4v) is 4.70. The van der Waals surface area contributed by atoms with Crippen LogP contribution in [0, 0.1) is 24.5 Å². The van der Waals surface area contributed by atoms with Gasteiger partial charge in [0.2, 0.25) is 5.06 Å². The van der Waals surface area contributed by atoms with E-state index in [0.29, 0.717) is 41.4 Å². The Morgan fingerprint density at radius 3 is 2.64 bits per heavy atom. The standard InChI is InChI=1S/C20H22F2N2O3S/c1-11-18(20(28-23-11)27-14-3-2-4-14)13-8-15(21)19(16(22)9-13)24-6-5-12(10-24)7-17(25)26/h8-9,12,14H,2-7,10H2,1H3,(H,25,26). The minimum absolute atomic E-state index is 0.0133. The van der Waals surface area contributed by atoms with Crippen molar-refractivity contribution in [3.8, 4) is 16.2 Å². The Morgan fingerprint density at radius 2 is 2.04 bits per heavy atom. The van der Waals surface area contributed by atoms with E-state index in [4.69, 9.17) is 9.84 Å². The highest BCUT2D eigenvalue weighted by molar-refractivity contribution is 7.08. The minimum atomic E-state index is -0.887. The van der Waals surface area contributed by atoms with Crippen LogP contribution in [0.4, 0.5) is 14.5 Å². The Labute approximate surface area is 166 Å². The van der Waals surface area contributed by atoms with Crippen molar-refractivity contribution >= 4 is 23.2 Å². The number of hydrogen-bond donors (Lipinski definition) is 1. The molecule has 5 nitrogen and oxygen atoms in total. The molecule has 0 amide bonds. The van der Waals surface area contributed by atoms with Crippen LogP contribution in [0.15, 0.2) is 12.1 Å². The van der Waals surface area contributed by atoms with Crippen molar-refractivity contribution in [2.75, 3.05) is 18.0 Å². The van der Waals surface area contributed by atoms with Crippen molar-refractivity contribution in [3.63, 3.8) is 0 Å². The van der Waals surface area contributed by atoms with Gasteiger partial charge < -0.3 is 14.7 Å². The maximum atomic E-state index is 14.9. The molecular formula is C20H22F2N2O3S. The molecule has 0 bridgehead atoms. The Balaban J connectivity index is 1.60. The molecule has 1 aliphatic carbocycles. The van der Waals surface area contributed by atoms with Crippen LogP contribution < -0.4 is 9.64 Å². The summed E-state index contributed by atoms with van der Waals surface area (Å²) in [5.74, 6) is -2.28. The lowest BCUT2D eigenvalue weighted by Crippen LogP contribution is -2.24. The third-order valence-electron chi connectivity index (χ3n) is 5.53. The van der Waals surface area contributed by atoms with Gasteiger partial charge in [0.1, 0.15) is 17.3 Å². The first kappa shape index (κ1) is 19.1. The second-order valence-electron chi connectivity index (χ2n) is 7.59. The van der Waals surface area contributed by atoms with Crippen LogP contribution >= 0.6 is 11.5 Å². The topological polar surface area (TPSA) is 62.7 Å². The molecule has 1 N–H and O–H groups in total. The van der Waals surface area contributed by atoms with Crippen LogP contribution in [-0.2, 0) is 4.79 Å². The molecule has 1 unspecified atom stereocenters. The zero-order valence-electron chi connectivity index (χ0n) is 15.6. The summed E-state index contributed by atoms with van der Waals surface area (Å²) in [7, 11) is 0. The molecule has 1 atom stereocenters. The molecule has 0 radical (unpaired) electrons. The number of benzene rings is 1. The van der Waals surface area contributed by atoms with Crippen LogP contribution in [0.3, 0.4) is 0 Å². The number of ether oxygens (including phenoxy) is 1. The van der Waals surface area contributed by atoms with E-state index >= 15 is 0 Å². The average molecular weight is 408 g/mol. The monoisotopic (exact) mass is 408 g/mol. The summed E-state index contributed by atoms with van der Waals surface area (Å²) in [6.07, 6.45) is 3.89. The lowest BCUT2D eigenvalue weighted by Gasteiger charge is -2.26. The van der Waals surface area contributed by atoms with Crippen molar-refractivity contribution < 1.29 is 23.4 Å². The number of rotatable bonds is 6. The van der Waals surface area contributed by atoms with Crippen molar-refractivity contribution in [1.82, 2.24) is 4.37 Å². The van der Waals surface area contributed by atoms with Gasteiger partial charge in [0.15, 0.2) is 0 Å². The lowest BCUT2D eigenvalue weighted by molar-refractivity contribution is -0.137. The van der Waals surface area contributed by atoms with Gasteiger partial charge in [-0.05, 0) is 56.2 Å². The summed E-state index contributed by atoms with van der Waals surface area (Å²) >= 11 is 1.21. The van der Waals surface area contributed by atoms with E-state index in [-0.39, 0.29) is 24.1 Å². The maximum absolute atomic E-state index is 14.9. The number of anilines is 1. The van der Waals surface area contributed by atoms with Gasteiger partial charge in [-0.15, -0.1) is 0 Å². The van der Waals surface area contributed by atoms with E-state index in [1.54, 1.807) is 11.8 Å². The van der Waals surface area contributed by atoms with Gasteiger partial charge in [0, 0.05) is 31.0 Å². The first-order valence-electron chi connectivity index (χ1n) is 9.51. The number of aromatic nitrogens is 1. The van der Waals surface area contributed by atoms with Gasteiger partial charge in [-0.25, -0.2) is 8.78 Å². The van der Waals surface area contributed by atoms with Crippen molar-refractivity contribution in [3.05, 3.63) is 29.5 Å². The molecule has 2 fully saturated rings. The quantitative estimate of drug-likeness (QED) is 0.755. The molecule has 1 aromatic carbocycles. The van der Waals surface area contributed by atoms with Crippen LogP contribution in [0.2, 0.25) is 0 Å². The maximum Gasteiger partial charge on any atom is 0.303 e. The minimum Gasteiger partial charge on any atom is -0.481 e. The number of halogens is 2. The number of carboxylic acids is 1. The van der Waals surface area contributed by atoms with E-state index in [1.807, 2.05) is 0 Å². The third-order valence-corrected chi connectivity index (χ3v) is 6.36. The molecular weight excluding hydrogens is 386 g/mol. The number of aryl methyl sites for hydroxylation is 1. The van der Waals surface area contributed by atoms with Crippen LogP contribution in [-0.4, -0.2) is 34.6 Å². The molecule has 28 heavy (non-hydrogen) atoms. The first-order valence-corrected chi connectivity index (χ1v) is 10.3. The summed E-state index contributed by atoms with van der Waals surface area (Å²) in [6, 6.07) is 2.65. The van der Waals surface area contributed by atoms with Gasteiger partial charge in [-0.1, -0.05) is 0 Å². The molecule has 1 saturated heterocycles.